The largest absolute Gasteiger partial charge is 0.447 e. The van der Waals surface area contributed by atoms with Crippen LogP contribution in [0, 0.1) is 0 Å². The number of aromatic nitrogens is 4. The Bertz CT molecular complexity index is 697. The molecule has 7 heteroatoms. The lowest BCUT2D eigenvalue weighted by Gasteiger charge is -2.18. The van der Waals surface area contributed by atoms with Gasteiger partial charge in [-0.1, -0.05) is 12.8 Å². The van der Waals surface area contributed by atoms with Crippen LogP contribution in [0.25, 0.3) is 0 Å². The van der Waals surface area contributed by atoms with E-state index in [2.05, 4.69) is 25.1 Å². The highest BCUT2D eigenvalue weighted by Gasteiger charge is 2.33. The van der Waals surface area contributed by atoms with Crippen LogP contribution in [0.4, 0.5) is 0 Å². The fraction of sp³-hybridized carbons (Fsp3) is 0.625. The van der Waals surface area contributed by atoms with Gasteiger partial charge in [0.2, 0.25) is 0 Å². The number of nitrogens with one attached hydrogen (secondary N) is 1. The van der Waals surface area contributed by atoms with Gasteiger partial charge >= 0.3 is 0 Å². The Morgan fingerprint density at radius 3 is 2.87 bits per heavy atom. The molecule has 2 aliphatic carbocycles. The molecule has 0 saturated heterocycles. The molecule has 2 aliphatic rings. The molecular weight excluding hydrogens is 294 g/mol. The lowest BCUT2D eigenvalue weighted by molar-refractivity contribution is 0.0930. The molecule has 0 aromatic carbocycles. The number of oxazole rings is 1. The second kappa shape index (κ2) is 5.79. The standard InChI is InChI=1S/C16H21N5O2/c1-10(15-20-18-8-21(15)12-4-2-3-5-12)19-16(22)13-14(11-6-7-11)23-9-17-13/h8-12H,2-7H2,1H3,(H,19,22)/t10-/m1/s1. The molecule has 0 spiro atoms. The number of amides is 1. The van der Waals surface area contributed by atoms with Gasteiger partial charge < -0.3 is 14.3 Å². The van der Waals surface area contributed by atoms with Gasteiger partial charge in [0, 0.05) is 12.0 Å². The smallest absolute Gasteiger partial charge is 0.274 e. The van der Waals surface area contributed by atoms with Crippen molar-refractivity contribution in [2.24, 2.45) is 0 Å². The zero-order valence-electron chi connectivity index (χ0n) is 13.2. The Kier molecular flexibility index (Phi) is 3.63. The maximum Gasteiger partial charge on any atom is 0.274 e. The fourth-order valence-corrected chi connectivity index (χ4v) is 3.42. The Labute approximate surface area is 134 Å². The number of hydrogen-bond acceptors (Lipinski definition) is 5. The van der Waals surface area contributed by atoms with Gasteiger partial charge in [-0.05, 0) is 32.6 Å². The predicted octanol–water partition coefficient (Wildman–Crippen LogP) is 2.75. The first-order chi connectivity index (χ1) is 11.2. The van der Waals surface area contributed by atoms with Crippen LogP contribution < -0.4 is 5.32 Å². The molecule has 2 heterocycles. The molecule has 122 valence electrons. The molecule has 1 amide bonds. The highest BCUT2D eigenvalue weighted by molar-refractivity contribution is 5.93. The van der Waals surface area contributed by atoms with E-state index in [0.717, 1.165) is 31.5 Å². The molecule has 2 saturated carbocycles. The summed E-state index contributed by atoms with van der Waals surface area (Å²) in [6, 6.07) is 0.239. The van der Waals surface area contributed by atoms with Gasteiger partial charge in [0.05, 0.1) is 6.04 Å². The SMILES string of the molecule is C[C@@H](NC(=O)c1ncoc1C1CC1)c1nncn1C1CCCC1. The Hall–Kier alpha value is -2.18. The maximum atomic E-state index is 12.5. The van der Waals surface area contributed by atoms with Crippen molar-refractivity contribution in [1.82, 2.24) is 25.1 Å². The van der Waals surface area contributed by atoms with Crippen molar-refractivity contribution in [2.75, 3.05) is 0 Å². The number of rotatable bonds is 5. The van der Waals surface area contributed by atoms with Crippen molar-refractivity contribution in [3.63, 3.8) is 0 Å². The lowest BCUT2D eigenvalue weighted by Crippen LogP contribution is -2.30. The number of carbonyl (C=O) groups is 1. The van der Waals surface area contributed by atoms with E-state index in [4.69, 9.17) is 4.42 Å². The van der Waals surface area contributed by atoms with Crippen LogP contribution >= 0.6 is 0 Å². The topological polar surface area (TPSA) is 85.8 Å². The van der Waals surface area contributed by atoms with Crippen molar-refractivity contribution >= 4 is 5.91 Å². The van der Waals surface area contributed by atoms with Gasteiger partial charge in [-0.3, -0.25) is 4.79 Å². The van der Waals surface area contributed by atoms with E-state index in [1.54, 1.807) is 6.33 Å². The minimum atomic E-state index is -0.214. The fourth-order valence-electron chi connectivity index (χ4n) is 3.42. The van der Waals surface area contributed by atoms with Gasteiger partial charge in [-0.15, -0.1) is 10.2 Å². The highest BCUT2D eigenvalue weighted by atomic mass is 16.3. The molecular formula is C16H21N5O2. The van der Waals surface area contributed by atoms with Crippen molar-refractivity contribution < 1.29 is 9.21 Å². The molecule has 23 heavy (non-hydrogen) atoms. The van der Waals surface area contributed by atoms with Crippen LogP contribution in [0.5, 0.6) is 0 Å². The second-order valence-electron chi connectivity index (χ2n) is 6.57. The van der Waals surface area contributed by atoms with E-state index in [1.807, 2.05) is 6.92 Å². The number of nitrogens with zero attached hydrogens (tertiary/aromatic N) is 4. The third-order valence-electron chi connectivity index (χ3n) is 4.81. The monoisotopic (exact) mass is 315 g/mol. The summed E-state index contributed by atoms with van der Waals surface area (Å²) in [5.74, 6) is 1.68. The van der Waals surface area contributed by atoms with Crippen LogP contribution in [-0.2, 0) is 0 Å². The molecule has 0 bridgehead atoms. The first-order valence-electron chi connectivity index (χ1n) is 8.37. The molecule has 0 radical (unpaired) electrons. The molecule has 4 rings (SSSR count). The van der Waals surface area contributed by atoms with Crippen LogP contribution in [0.3, 0.4) is 0 Å². The second-order valence-corrected chi connectivity index (χ2v) is 6.57. The Morgan fingerprint density at radius 1 is 1.35 bits per heavy atom. The summed E-state index contributed by atoms with van der Waals surface area (Å²) in [6.45, 7) is 1.93. The highest BCUT2D eigenvalue weighted by Crippen LogP contribution is 2.41. The molecule has 0 unspecified atom stereocenters. The predicted molar refractivity (Wildman–Crippen MR) is 81.9 cm³/mol. The molecule has 2 aromatic rings. The maximum absolute atomic E-state index is 12.5. The zero-order valence-corrected chi connectivity index (χ0v) is 13.2. The van der Waals surface area contributed by atoms with E-state index in [1.165, 1.54) is 19.2 Å². The summed E-state index contributed by atoms with van der Waals surface area (Å²) in [4.78, 5) is 16.6. The van der Waals surface area contributed by atoms with Crippen LogP contribution in [0.1, 0.15) is 85.5 Å². The molecule has 2 aromatic heterocycles. The molecule has 1 N–H and O–H groups in total. The van der Waals surface area contributed by atoms with E-state index in [-0.39, 0.29) is 11.9 Å². The van der Waals surface area contributed by atoms with E-state index in [0.29, 0.717) is 23.4 Å². The number of hydrogen-bond donors (Lipinski definition) is 1. The summed E-state index contributed by atoms with van der Waals surface area (Å²) in [7, 11) is 0. The Balaban J connectivity index is 1.49. The van der Waals surface area contributed by atoms with Gasteiger partial charge in [0.15, 0.2) is 17.9 Å². The molecule has 1 atom stereocenters. The summed E-state index contributed by atoms with van der Waals surface area (Å²) in [5, 5.41) is 11.2. The quantitative estimate of drug-likeness (QED) is 0.917. The Morgan fingerprint density at radius 2 is 2.13 bits per heavy atom. The molecule has 7 nitrogen and oxygen atoms in total. The van der Waals surface area contributed by atoms with E-state index >= 15 is 0 Å². The van der Waals surface area contributed by atoms with Crippen LogP contribution in [-0.4, -0.2) is 25.7 Å². The summed E-state index contributed by atoms with van der Waals surface area (Å²) >= 11 is 0. The lowest BCUT2D eigenvalue weighted by atomic mass is 10.2. The first-order valence-corrected chi connectivity index (χ1v) is 8.37. The first kappa shape index (κ1) is 14.4. The third kappa shape index (κ3) is 2.75. The minimum Gasteiger partial charge on any atom is -0.447 e. The van der Waals surface area contributed by atoms with Crippen LogP contribution in [0.15, 0.2) is 17.1 Å². The van der Waals surface area contributed by atoms with Crippen molar-refractivity contribution in [3.05, 3.63) is 30.0 Å². The summed E-state index contributed by atoms with van der Waals surface area (Å²) in [5.41, 5.74) is 0.409. The van der Waals surface area contributed by atoms with E-state index in [9.17, 15) is 4.79 Å². The molecule has 0 aliphatic heterocycles. The third-order valence-corrected chi connectivity index (χ3v) is 4.81. The van der Waals surface area contributed by atoms with Gasteiger partial charge in [0.1, 0.15) is 12.1 Å². The van der Waals surface area contributed by atoms with Gasteiger partial charge in [0.25, 0.3) is 5.91 Å². The van der Waals surface area contributed by atoms with Crippen LogP contribution in [0.2, 0.25) is 0 Å². The normalized spacial score (nSPS) is 19.9. The summed E-state index contributed by atoms with van der Waals surface area (Å²) in [6.07, 6.45) is 10.1. The average Bonchev–Trinajstić information content (AvgIpc) is 3.04. The minimum absolute atomic E-state index is 0.200. The van der Waals surface area contributed by atoms with Gasteiger partial charge in [-0.25, -0.2) is 4.98 Å². The average molecular weight is 315 g/mol. The van der Waals surface area contributed by atoms with Gasteiger partial charge in [-0.2, -0.15) is 0 Å². The van der Waals surface area contributed by atoms with Crippen molar-refractivity contribution in [1.29, 1.82) is 0 Å². The van der Waals surface area contributed by atoms with E-state index < -0.39 is 0 Å². The number of carbonyl (C=O) groups excluding carboxylic acids is 1. The van der Waals surface area contributed by atoms with Crippen molar-refractivity contribution in [2.45, 2.75) is 63.5 Å². The van der Waals surface area contributed by atoms with Crippen molar-refractivity contribution in [3.8, 4) is 0 Å². The molecule has 2 fully saturated rings. The summed E-state index contributed by atoms with van der Waals surface area (Å²) < 4.78 is 7.50. The zero-order chi connectivity index (χ0) is 15.8.